The zero-order valence-corrected chi connectivity index (χ0v) is 9.40. The van der Waals surface area contributed by atoms with Crippen LogP contribution in [0.3, 0.4) is 0 Å². The minimum atomic E-state index is 0.156. The molecule has 1 heterocycles. The van der Waals surface area contributed by atoms with Crippen LogP contribution < -0.4 is 16.0 Å². The number of anilines is 1. The van der Waals surface area contributed by atoms with Crippen molar-refractivity contribution in [1.29, 1.82) is 0 Å². The van der Waals surface area contributed by atoms with Crippen molar-refractivity contribution in [1.82, 2.24) is 4.98 Å². The van der Waals surface area contributed by atoms with Crippen molar-refractivity contribution in [2.45, 2.75) is 20.0 Å². The predicted molar refractivity (Wildman–Crippen MR) is 65.3 cm³/mol. The summed E-state index contributed by atoms with van der Waals surface area (Å²) in [5.74, 6) is 6.27. The number of rotatable bonds is 3. The molecule has 0 atom stereocenters. The first-order chi connectivity index (χ1) is 7.70. The number of pyridine rings is 1. The highest BCUT2D eigenvalue weighted by Crippen LogP contribution is 2.25. The van der Waals surface area contributed by atoms with Gasteiger partial charge in [0.05, 0.1) is 17.3 Å². The molecular weight excluding hydrogens is 202 g/mol. The SMILES string of the molecule is CC(C)Oc1ccc2nccc(NN)c2c1. The Hall–Kier alpha value is -1.81. The van der Waals surface area contributed by atoms with Crippen LogP contribution in [-0.2, 0) is 0 Å². The maximum atomic E-state index is 5.63. The van der Waals surface area contributed by atoms with Crippen LogP contribution in [0.1, 0.15) is 13.8 Å². The van der Waals surface area contributed by atoms with E-state index in [2.05, 4.69) is 10.4 Å². The fraction of sp³-hybridized carbons (Fsp3) is 0.250. The molecule has 0 fully saturated rings. The fourth-order valence-corrected chi connectivity index (χ4v) is 1.60. The zero-order valence-electron chi connectivity index (χ0n) is 9.40. The lowest BCUT2D eigenvalue weighted by Gasteiger charge is -2.11. The molecule has 4 heteroatoms. The third-order valence-electron chi connectivity index (χ3n) is 2.24. The van der Waals surface area contributed by atoms with E-state index in [9.17, 15) is 0 Å². The van der Waals surface area contributed by atoms with Crippen LogP contribution in [0.5, 0.6) is 5.75 Å². The number of ether oxygens (including phenoxy) is 1. The molecule has 0 bridgehead atoms. The lowest BCUT2D eigenvalue weighted by atomic mass is 10.2. The summed E-state index contributed by atoms with van der Waals surface area (Å²) >= 11 is 0. The summed E-state index contributed by atoms with van der Waals surface area (Å²) in [4.78, 5) is 4.26. The van der Waals surface area contributed by atoms with Gasteiger partial charge in [0, 0.05) is 11.6 Å². The van der Waals surface area contributed by atoms with E-state index in [-0.39, 0.29) is 6.10 Å². The second-order valence-electron chi connectivity index (χ2n) is 3.85. The van der Waals surface area contributed by atoms with Crippen molar-refractivity contribution in [2.75, 3.05) is 5.43 Å². The van der Waals surface area contributed by atoms with Gasteiger partial charge < -0.3 is 10.2 Å². The predicted octanol–water partition coefficient (Wildman–Crippen LogP) is 2.31. The summed E-state index contributed by atoms with van der Waals surface area (Å²) in [5.41, 5.74) is 4.40. The van der Waals surface area contributed by atoms with Crippen LogP contribution in [0, 0.1) is 0 Å². The van der Waals surface area contributed by atoms with Crippen molar-refractivity contribution in [2.24, 2.45) is 5.84 Å². The number of nitrogens with zero attached hydrogens (tertiary/aromatic N) is 1. The summed E-state index contributed by atoms with van der Waals surface area (Å²) in [6.07, 6.45) is 1.88. The van der Waals surface area contributed by atoms with Crippen LogP contribution >= 0.6 is 0 Å². The average Bonchev–Trinajstić information content (AvgIpc) is 2.27. The Morgan fingerprint density at radius 3 is 2.81 bits per heavy atom. The van der Waals surface area contributed by atoms with E-state index >= 15 is 0 Å². The van der Waals surface area contributed by atoms with Crippen LogP contribution in [0.25, 0.3) is 10.9 Å². The lowest BCUT2D eigenvalue weighted by molar-refractivity contribution is 0.243. The molecule has 1 aromatic heterocycles. The Morgan fingerprint density at radius 2 is 2.12 bits per heavy atom. The molecule has 0 unspecified atom stereocenters. The van der Waals surface area contributed by atoms with Crippen LogP contribution in [0.2, 0.25) is 0 Å². The second kappa shape index (κ2) is 4.37. The van der Waals surface area contributed by atoms with Crippen LogP contribution in [-0.4, -0.2) is 11.1 Å². The van der Waals surface area contributed by atoms with Gasteiger partial charge in [-0.25, -0.2) is 0 Å². The number of aromatic nitrogens is 1. The highest BCUT2D eigenvalue weighted by molar-refractivity contribution is 5.91. The molecule has 0 aliphatic carbocycles. The minimum absolute atomic E-state index is 0.156. The number of nitrogens with one attached hydrogen (secondary N) is 1. The van der Waals surface area contributed by atoms with Crippen molar-refractivity contribution in [3.8, 4) is 5.75 Å². The molecular formula is C12H15N3O. The minimum Gasteiger partial charge on any atom is -0.491 e. The molecule has 0 amide bonds. The van der Waals surface area contributed by atoms with Crippen molar-refractivity contribution in [3.63, 3.8) is 0 Å². The smallest absolute Gasteiger partial charge is 0.120 e. The fourth-order valence-electron chi connectivity index (χ4n) is 1.60. The van der Waals surface area contributed by atoms with Gasteiger partial charge in [0.2, 0.25) is 0 Å². The maximum absolute atomic E-state index is 5.63. The molecule has 0 aliphatic heterocycles. The number of nitrogen functional groups attached to an aromatic ring is 1. The molecule has 2 aromatic rings. The Kier molecular flexibility index (Phi) is 2.92. The first-order valence-electron chi connectivity index (χ1n) is 5.23. The quantitative estimate of drug-likeness (QED) is 0.611. The van der Waals surface area contributed by atoms with Gasteiger partial charge in [0.15, 0.2) is 0 Å². The van der Waals surface area contributed by atoms with Crippen molar-refractivity contribution in [3.05, 3.63) is 30.5 Å². The lowest BCUT2D eigenvalue weighted by Crippen LogP contribution is -2.08. The normalized spacial score (nSPS) is 10.8. The molecule has 0 saturated carbocycles. The number of benzene rings is 1. The second-order valence-corrected chi connectivity index (χ2v) is 3.85. The third-order valence-corrected chi connectivity index (χ3v) is 2.24. The largest absolute Gasteiger partial charge is 0.491 e. The molecule has 0 aliphatic rings. The van der Waals surface area contributed by atoms with E-state index in [0.717, 1.165) is 22.3 Å². The Morgan fingerprint density at radius 1 is 1.31 bits per heavy atom. The van der Waals surface area contributed by atoms with Gasteiger partial charge in [-0.15, -0.1) is 0 Å². The Balaban J connectivity index is 2.50. The summed E-state index contributed by atoms with van der Waals surface area (Å²) in [6, 6.07) is 7.61. The Bertz CT molecular complexity index is 497. The average molecular weight is 217 g/mol. The molecule has 0 saturated heterocycles. The van der Waals surface area contributed by atoms with E-state index in [4.69, 9.17) is 10.6 Å². The number of nitrogens with two attached hydrogens (primary N) is 1. The first-order valence-corrected chi connectivity index (χ1v) is 5.23. The van der Waals surface area contributed by atoms with E-state index in [1.54, 1.807) is 6.20 Å². The molecule has 4 nitrogen and oxygen atoms in total. The number of fused-ring (bicyclic) bond motifs is 1. The van der Waals surface area contributed by atoms with Gasteiger partial charge in [0.25, 0.3) is 0 Å². The number of hydrazine groups is 1. The van der Waals surface area contributed by atoms with Gasteiger partial charge in [0.1, 0.15) is 5.75 Å². The first kappa shape index (κ1) is 10.7. The number of hydrogen-bond acceptors (Lipinski definition) is 4. The van der Waals surface area contributed by atoms with Crippen molar-refractivity contribution < 1.29 is 4.74 Å². The summed E-state index contributed by atoms with van der Waals surface area (Å²) in [6.45, 7) is 3.99. The van der Waals surface area contributed by atoms with Gasteiger partial charge in [-0.3, -0.25) is 10.8 Å². The van der Waals surface area contributed by atoms with E-state index in [1.165, 1.54) is 0 Å². The topological polar surface area (TPSA) is 60.2 Å². The van der Waals surface area contributed by atoms with E-state index < -0.39 is 0 Å². The molecule has 3 N–H and O–H groups in total. The summed E-state index contributed by atoms with van der Waals surface area (Å²) in [5, 5.41) is 0.961. The molecule has 2 rings (SSSR count). The maximum Gasteiger partial charge on any atom is 0.120 e. The molecule has 0 radical (unpaired) electrons. The van der Waals surface area contributed by atoms with E-state index in [1.807, 2.05) is 38.1 Å². The molecule has 1 aromatic carbocycles. The van der Waals surface area contributed by atoms with Gasteiger partial charge >= 0.3 is 0 Å². The standard InChI is InChI=1S/C12H15N3O/c1-8(2)16-9-3-4-11-10(7-9)12(15-13)5-6-14-11/h3-8H,13H2,1-2H3,(H,14,15). The third kappa shape index (κ3) is 2.06. The van der Waals surface area contributed by atoms with Gasteiger partial charge in [-0.2, -0.15) is 0 Å². The molecule has 84 valence electrons. The summed E-state index contributed by atoms with van der Waals surface area (Å²) < 4.78 is 5.63. The highest BCUT2D eigenvalue weighted by Gasteiger charge is 2.03. The van der Waals surface area contributed by atoms with Gasteiger partial charge in [-0.1, -0.05) is 0 Å². The van der Waals surface area contributed by atoms with Crippen LogP contribution in [0.4, 0.5) is 5.69 Å². The van der Waals surface area contributed by atoms with E-state index in [0.29, 0.717) is 0 Å². The van der Waals surface area contributed by atoms with Gasteiger partial charge in [-0.05, 0) is 38.1 Å². The summed E-state index contributed by atoms with van der Waals surface area (Å²) in [7, 11) is 0. The number of hydrogen-bond donors (Lipinski definition) is 2. The Labute approximate surface area is 94.4 Å². The van der Waals surface area contributed by atoms with Crippen LogP contribution in [0.15, 0.2) is 30.5 Å². The monoisotopic (exact) mass is 217 g/mol. The molecule has 0 spiro atoms. The zero-order chi connectivity index (χ0) is 11.5. The van der Waals surface area contributed by atoms with Crippen molar-refractivity contribution >= 4 is 16.6 Å². The molecule has 16 heavy (non-hydrogen) atoms. The highest BCUT2D eigenvalue weighted by atomic mass is 16.5.